The number of aromatic nitrogens is 4. The maximum absolute atomic E-state index is 11.9. The van der Waals surface area contributed by atoms with Crippen molar-refractivity contribution < 1.29 is 4.79 Å². The van der Waals surface area contributed by atoms with Crippen LogP contribution in [0, 0.1) is 13.8 Å². The molecule has 0 saturated carbocycles. The number of amides is 1. The quantitative estimate of drug-likeness (QED) is 0.802. The van der Waals surface area contributed by atoms with Crippen molar-refractivity contribution in [2.75, 3.05) is 5.32 Å². The monoisotopic (exact) mass is 319 g/mol. The summed E-state index contributed by atoms with van der Waals surface area (Å²) in [5.41, 5.74) is 2.71. The van der Waals surface area contributed by atoms with E-state index in [1.807, 2.05) is 30.7 Å². The lowest BCUT2D eigenvalue weighted by Gasteiger charge is -1.99. The van der Waals surface area contributed by atoms with Gasteiger partial charge in [0.25, 0.3) is 0 Å². The van der Waals surface area contributed by atoms with E-state index in [-0.39, 0.29) is 12.3 Å². The molecule has 0 bridgehead atoms. The van der Waals surface area contributed by atoms with Crippen molar-refractivity contribution in [3.8, 4) is 5.13 Å². The lowest BCUT2D eigenvalue weighted by atomic mass is 10.3. The molecule has 1 amide bonds. The fourth-order valence-electron chi connectivity index (χ4n) is 1.91. The van der Waals surface area contributed by atoms with Crippen LogP contribution in [0.2, 0.25) is 0 Å². The van der Waals surface area contributed by atoms with E-state index in [9.17, 15) is 4.79 Å². The zero-order valence-corrected chi connectivity index (χ0v) is 13.2. The van der Waals surface area contributed by atoms with Crippen molar-refractivity contribution in [2.24, 2.45) is 0 Å². The van der Waals surface area contributed by atoms with Gasteiger partial charge in [-0.05, 0) is 19.9 Å². The van der Waals surface area contributed by atoms with Gasteiger partial charge in [0.15, 0.2) is 5.13 Å². The van der Waals surface area contributed by atoms with Gasteiger partial charge in [0.1, 0.15) is 0 Å². The molecular weight excluding hydrogens is 306 g/mol. The predicted molar refractivity (Wildman–Crippen MR) is 83.2 cm³/mol. The summed E-state index contributed by atoms with van der Waals surface area (Å²) in [5, 5.41) is 12.2. The molecule has 0 aliphatic heterocycles. The molecule has 0 aliphatic carbocycles. The van der Waals surface area contributed by atoms with E-state index in [2.05, 4.69) is 20.4 Å². The van der Waals surface area contributed by atoms with Gasteiger partial charge in [-0.15, -0.1) is 22.7 Å². The van der Waals surface area contributed by atoms with Gasteiger partial charge in [-0.25, -0.2) is 14.6 Å². The summed E-state index contributed by atoms with van der Waals surface area (Å²) in [5.74, 6) is -0.116. The van der Waals surface area contributed by atoms with Crippen LogP contribution in [0.5, 0.6) is 0 Å². The van der Waals surface area contributed by atoms with Crippen LogP contribution in [0.15, 0.2) is 23.0 Å². The molecule has 0 spiro atoms. The third-order valence-electron chi connectivity index (χ3n) is 2.75. The topological polar surface area (TPSA) is 72.7 Å². The zero-order chi connectivity index (χ0) is 14.8. The summed E-state index contributed by atoms with van der Waals surface area (Å²) in [6, 6.07) is 2.00. The smallest absolute Gasteiger partial charge is 0.232 e. The van der Waals surface area contributed by atoms with Crippen LogP contribution in [-0.4, -0.2) is 25.7 Å². The minimum Gasteiger partial charge on any atom is -0.302 e. The summed E-state index contributed by atoms with van der Waals surface area (Å²) in [4.78, 5) is 20.4. The Hall–Kier alpha value is -2.06. The van der Waals surface area contributed by atoms with Crippen LogP contribution in [0.1, 0.15) is 17.1 Å². The highest BCUT2D eigenvalue weighted by atomic mass is 32.1. The summed E-state index contributed by atoms with van der Waals surface area (Å²) in [7, 11) is 0. The third kappa shape index (κ3) is 3.17. The Kier molecular flexibility index (Phi) is 3.80. The second-order valence-electron chi connectivity index (χ2n) is 4.52. The molecule has 8 heteroatoms. The second-order valence-corrected chi connectivity index (χ2v) is 6.25. The number of nitrogens with zero attached hydrogens (tertiary/aromatic N) is 4. The van der Waals surface area contributed by atoms with E-state index in [0.29, 0.717) is 5.13 Å². The molecule has 0 aromatic carbocycles. The third-order valence-corrected chi connectivity index (χ3v) is 4.30. The Morgan fingerprint density at radius 1 is 1.38 bits per heavy atom. The van der Waals surface area contributed by atoms with Crippen LogP contribution >= 0.6 is 22.7 Å². The Bertz CT molecular complexity index is 759. The Morgan fingerprint density at radius 3 is 2.90 bits per heavy atom. The number of carbonyl (C=O) groups excluding carboxylic acids is 1. The van der Waals surface area contributed by atoms with E-state index in [1.165, 1.54) is 22.7 Å². The molecular formula is C13H13N5OS2. The van der Waals surface area contributed by atoms with Gasteiger partial charge in [0, 0.05) is 22.7 Å². The van der Waals surface area contributed by atoms with Crippen LogP contribution in [-0.2, 0) is 11.2 Å². The molecule has 3 heterocycles. The van der Waals surface area contributed by atoms with Gasteiger partial charge in [-0.3, -0.25) is 4.79 Å². The number of anilines is 1. The standard InChI is InChI=1S/C13H13N5OS2/c1-8-5-9(2)18(17-8)13-15-10(7-21-13)6-11(19)16-12-14-3-4-20-12/h3-5,7H,6H2,1-2H3,(H,14,16,19). The molecule has 21 heavy (non-hydrogen) atoms. The summed E-state index contributed by atoms with van der Waals surface area (Å²) >= 11 is 2.87. The SMILES string of the molecule is Cc1cc(C)n(-c2nc(CC(=O)Nc3nccs3)cs2)n1. The predicted octanol–water partition coefficient (Wildman–Crippen LogP) is 2.58. The number of aryl methyl sites for hydroxylation is 2. The molecule has 0 saturated heterocycles. The number of thiazole rings is 2. The van der Waals surface area contributed by atoms with Crippen LogP contribution in [0.4, 0.5) is 5.13 Å². The normalized spacial score (nSPS) is 10.8. The van der Waals surface area contributed by atoms with Gasteiger partial charge in [0.05, 0.1) is 17.8 Å². The molecule has 0 radical (unpaired) electrons. The zero-order valence-electron chi connectivity index (χ0n) is 11.5. The van der Waals surface area contributed by atoms with Gasteiger partial charge in [0.2, 0.25) is 11.0 Å². The molecule has 6 nitrogen and oxygen atoms in total. The molecule has 0 atom stereocenters. The summed E-state index contributed by atoms with van der Waals surface area (Å²) in [6.45, 7) is 3.93. The molecule has 3 aromatic heterocycles. The highest BCUT2D eigenvalue weighted by Gasteiger charge is 2.12. The van der Waals surface area contributed by atoms with Crippen molar-refractivity contribution in [2.45, 2.75) is 20.3 Å². The number of rotatable bonds is 4. The van der Waals surface area contributed by atoms with Gasteiger partial charge in [-0.1, -0.05) is 0 Å². The first-order chi connectivity index (χ1) is 10.1. The average molecular weight is 319 g/mol. The van der Waals surface area contributed by atoms with Crippen LogP contribution in [0.3, 0.4) is 0 Å². The number of hydrogen-bond donors (Lipinski definition) is 1. The molecule has 108 valence electrons. The second kappa shape index (κ2) is 5.74. The van der Waals surface area contributed by atoms with E-state index < -0.39 is 0 Å². The highest BCUT2D eigenvalue weighted by Crippen LogP contribution is 2.18. The van der Waals surface area contributed by atoms with Gasteiger partial charge in [-0.2, -0.15) is 5.10 Å². The lowest BCUT2D eigenvalue weighted by molar-refractivity contribution is -0.115. The Morgan fingerprint density at radius 2 is 2.24 bits per heavy atom. The fourth-order valence-corrected chi connectivity index (χ4v) is 3.29. The minimum absolute atomic E-state index is 0.116. The van der Waals surface area contributed by atoms with Gasteiger partial charge < -0.3 is 5.32 Å². The number of carbonyl (C=O) groups is 1. The first kappa shape index (κ1) is 13.9. The number of hydrogen-bond acceptors (Lipinski definition) is 6. The van der Waals surface area contributed by atoms with Crippen molar-refractivity contribution in [1.29, 1.82) is 0 Å². The number of nitrogens with one attached hydrogen (secondary N) is 1. The molecule has 0 aliphatic rings. The highest BCUT2D eigenvalue weighted by molar-refractivity contribution is 7.13. The molecule has 0 fully saturated rings. The van der Waals surface area contributed by atoms with Crippen LogP contribution in [0.25, 0.3) is 5.13 Å². The maximum Gasteiger partial charge on any atom is 0.232 e. The van der Waals surface area contributed by atoms with E-state index in [4.69, 9.17) is 0 Å². The Labute approximate surface area is 129 Å². The maximum atomic E-state index is 11.9. The summed E-state index contributed by atoms with van der Waals surface area (Å²) in [6.07, 6.45) is 1.89. The first-order valence-corrected chi connectivity index (χ1v) is 8.05. The fraction of sp³-hybridized carbons (Fsp3) is 0.231. The molecule has 3 rings (SSSR count). The van der Waals surface area contributed by atoms with Crippen molar-refractivity contribution in [3.05, 3.63) is 40.1 Å². The minimum atomic E-state index is -0.116. The first-order valence-electron chi connectivity index (χ1n) is 6.29. The van der Waals surface area contributed by atoms with Crippen molar-refractivity contribution in [1.82, 2.24) is 19.7 Å². The van der Waals surface area contributed by atoms with Crippen molar-refractivity contribution >= 4 is 33.7 Å². The summed E-state index contributed by atoms with van der Waals surface area (Å²) < 4.78 is 1.79. The van der Waals surface area contributed by atoms with Crippen molar-refractivity contribution in [3.63, 3.8) is 0 Å². The van der Waals surface area contributed by atoms with Gasteiger partial charge >= 0.3 is 0 Å². The largest absolute Gasteiger partial charge is 0.302 e. The molecule has 3 aromatic rings. The Balaban J connectivity index is 1.70. The average Bonchev–Trinajstić information content (AvgIpc) is 3.12. The van der Waals surface area contributed by atoms with E-state index in [1.54, 1.807) is 10.9 Å². The molecule has 0 unspecified atom stereocenters. The lowest BCUT2D eigenvalue weighted by Crippen LogP contribution is -2.14. The molecule has 1 N–H and O–H groups in total. The van der Waals surface area contributed by atoms with E-state index >= 15 is 0 Å². The van der Waals surface area contributed by atoms with Crippen LogP contribution < -0.4 is 5.32 Å². The van der Waals surface area contributed by atoms with E-state index in [0.717, 1.165) is 22.2 Å².